The summed E-state index contributed by atoms with van der Waals surface area (Å²) in [6, 6.07) is 5.03. The van der Waals surface area contributed by atoms with Crippen molar-refractivity contribution in [1.29, 1.82) is 0 Å². The lowest BCUT2D eigenvalue weighted by Gasteiger charge is -2.04. The van der Waals surface area contributed by atoms with Gasteiger partial charge in [-0.1, -0.05) is 16.8 Å². The van der Waals surface area contributed by atoms with Gasteiger partial charge >= 0.3 is 0 Å². The van der Waals surface area contributed by atoms with Gasteiger partial charge in [-0.25, -0.2) is 0 Å². The number of Topliss-reactive ketones (excluding diaryl/α,β-unsaturated/α-hetero) is 1. The van der Waals surface area contributed by atoms with E-state index in [4.69, 9.17) is 20.9 Å². The molecule has 2 aromatic rings. The molecular formula is C11H9ClN2O3. The van der Waals surface area contributed by atoms with Crippen molar-refractivity contribution in [1.82, 2.24) is 10.1 Å². The average Bonchev–Trinajstić information content (AvgIpc) is 2.78. The van der Waals surface area contributed by atoms with Crippen molar-refractivity contribution < 1.29 is 14.1 Å². The predicted octanol–water partition coefficient (Wildman–Crippen LogP) is 2.60. The zero-order valence-electron chi connectivity index (χ0n) is 9.23. The van der Waals surface area contributed by atoms with Crippen LogP contribution in [0.4, 0.5) is 0 Å². The Labute approximate surface area is 102 Å². The summed E-state index contributed by atoms with van der Waals surface area (Å²) in [7, 11) is 1.52. The maximum Gasteiger partial charge on any atom is 0.294 e. The van der Waals surface area contributed by atoms with Gasteiger partial charge in [0.1, 0.15) is 5.75 Å². The molecule has 17 heavy (non-hydrogen) atoms. The smallest absolute Gasteiger partial charge is 0.294 e. The minimum atomic E-state index is -0.281. The fraction of sp³-hybridized carbons (Fsp3) is 0.182. The second-order valence-electron chi connectivity index (χ2n) is 3.32. The second kappa shape index (κ2) is 4.55. The summed E-state index contributed by atoms with van der Waals surface area (Å²) in [6.45, 7) is 1.36. The lowest BCUT2D eigenvalue weighted by Crippen LogP contribution is -1.92. The molecule has 1 heterocycles. The molecule has 0 unspecified atom stereocenters. The van der Waals surface area contributed by atoms with Crippen molar-refractivity contribution in [2.75, 3.05) is 7.11 Å². The number of ether oxygens (including phenoxy) is 1. The Morgan fingerprint density at radius 2 is 2.24 bits per heavy atom. The van der Waals surface area contributed by atoms with Gasteiger partial charge in [-0.05, 0) is 18.2 Å². The van der Waals surface area contributed by atoms with Crippen LogP contribution in [0.2, 0.25) is 5.02 Å². The number of rotatable bonds is 3. The quantitative estimate of drug-likeness (QED) is 0.786. The molecule has 0 atom stereocenters. The van der Waals surface area contributed by atoms with Gasteiger partial charge in [0.2, 0.25) is 11.6 Å². The molecule has 0 radical (unpaired) electrons. The number of aromatic nitrogens is 2. The molecule has 0 saturated carbocycles. The van der Waals surface area contributed by atoms with Crippen LogP contribution in [0, 0.1) is 0 Å². The Hall–Kier alpha value is -1.88. The van der Waals surface area contributed by atoms with Crippen LogP contribution in [-0.4, -0.2) is 23.0 Å². The van der Waals surface area contributed by atoms with Crippen molar-refractivity contribution in [3.05, 3.63) is 29.1 Å². The van der Waals surface area contributed by atoms with E-state index in [1.54, 1.807) is 18.2 Å². The third-order valence-electron chi connectivity index (χ3n) is 2.13. The Balaban J connectivity index is 2.48. The van der Waals surface area contributed by atoms with E-state index in [2.05, 4.69) is 10.1 Å². The van der Waals surface area contributed by atoms with Crippen LogP contribution in [0.25, 0.3) is 11.4 Å². The first kappa shape index (κ1) is 11.6. The van der Waals surface area contributed by atoms with Crippen LogP contribution >= 0.6 is 11.6 Å². The monoisotopic (exact) mass is 252 g/mol. The molecule has 6 heteroatoms. The van der Waals surface area contributed by atoms with Crippen molar-refractivity contribution in [2.45, 2.75) is 6.92 Å². The predicted molar refractivity (Wildman–Crippen MR) is 61.3 cm³/mol. The molecule has 0 N–H and O–H groups in total. The molecule has 0 fully saturated rings. The van der Waals surface area contributed by atoms with Crippen LogP contribution in [0.15, 0.2) is 22.7 Å². The Bertz CT molecular complexity index is 566. The fourth-order valence-electron chi connectivity index (χ4n) is 1.33. The highest BCUT2D eigenvalue weighted by Gasteiger charge is 2.15. The molecule has 1 aromatic carbocycles. The van der Waals surface area contributed by atoms with Crippen LogP contribution in [-0.2, 0) is 0 Å². The van der Waals surface area contributed by atoms with Crippen molar-refractivity contribution in [3.8, 4) is 17.1 Å². The number of carbonyl (C=O) groups is 1. The first-order chi connectivity index (χ1) is 8.11. The molecule has 0 aliphatic carbocycles. The molecule has 0 amide bonds. The normalized spacial score (nSPS) is 10.3. The lowest BCUT2D eigenvalue weighted by molar-refractivity contribution is 0.0972. The first-order valence-corrected chi connectivity index (χ1v) is 5.18. The number of methoxy groups -OCH3 is 1. The van der Waals surface area contributed by atoms with Gasteiger partial charge in [0, 0.05) is 11.9 Å². The van der Waals surface area contributed by atoms with Crippen LogP contribution in [0.5, 0.6) is 5.75 Å². The van der Waals surface area contributed by atoms with Gasteiger partial charge in [-0.3, -0.25) is 4.79 Å². The molecule has 2 rings (SSSR count). The molecule has 88 valence electrons. The summed E-state index contributed by atoms with van der Waals surface area (Å²) >= 11 is 5.84. The van der Waals surface area contributed by atoms with E-state index in [0.29, 0.717) is 22.2 Å². The van der Waals surface area contributed by atoms with E-state index in [0.717, 1.165) is 0 Å². The molecule has 0 saturated heterocycles. The topological polar surface area (TPSA) is 65.2 Å². The fourth-order valence-corrected chi connectivity index (χ4v) is 1.49. The van der Waals surface area contributed by atoms with Crippen LogP contribution < -0.4 is 4.74 Å². The number of halogens is 1. The van der Waals surface area contributed by atoms with Gasteiger partial charge < -0.3 is 9.26 Å². The van der Waals surface area contributed by atoms with Gasteiger partial charge in [-0.2, -0.15) is 4.98 Å². The highest BCUT2D eigenvalue weighted by atomic mass is 35.5. The van der Waals surface area contributed by atoms with Crippen molar-refractivity contribution >= 4 is 17.4 Å². The molecule has 1 aromatic heterocycles. The van der Waals surface area contributed by atoms with E-state index in [9.17, 15) is 4.79 Å². The third kappa shape index (κ3) is 2.29. The summed E-state index contributed by atoms with van der Waals surface area (Å²) in [5, 5.41) is 4.26. The zero-order valence-corrected chi connectivity index (χ0v) is 9.99. The molecule has 0 spiro atoms. The summed E-state index contributed by atoms with van der Waals surface area (Å²) in [5.41, 5.74) is 0.619. The van der Waals surface area contributed by atoms with Gasteiger partial charge in [-0.15, -0.1) is 0 Å². The van der Waals surface area contributed by atoms with E-state index in [1.165, 1.54) is 14.0 Å². The summed E-state index contributed by atoms with van der Waals surface area (Å²) in [5.74, 6) is 0.505. The first-order valence-electron chi connectivity index (χ1n) is 4.80. The Morgan fingerprint density at radius 1 is 1.47 bits per heavy atom. The van der Waals surface area contributed by atoms with Crippen LogP contribution in [0.1, 0.15) is 17.6 Å². The van der Waals surface area contributed by atoms with E-state index in [1.807, 2.05) is 0 Å². The maximum atomic E-state index is 11.0. The van der Waals surface area contributed by atoms with Gasteiger partial charge in [0.15, 0.2) is 0 Å². The largest absolute Gasteiger partial charge is 0.496 e. The standard InChI is InChI=1S/C11H9ClN2O3/c1-6(15)11-13-10(14-17-11)8-4-3-7(12)5-9(8)16-2/h3-5H,1-2H3. The van der Waals surface area contributed by atoms with E-state index >= 15 is 0 Å². The third-order valence-corrected chi connectivity index (χ3v) is 2.37. The van der Waals surface area contributed by atoms with Crippen molar-refractivity contribution in [3.63, 3.8) is 0 Å². The molecule has 5 nitrogen and oxygen atoms in total. The number of carbonyl (C=O) groups excluding carboxylic acids is 1. The minimum absolute atomic E-state index is 0.0306. The summed E-state index contributed by atoms with van der Waals surface area (Å²) in [4.78, 5) is 15.0. The molecular weight excluding hydrogens is 244 g/mol. The molecule has 0 bridgehead atoms. The Kier molecular flexibility index (Phi) is 3.10. The van der Waals surface area contributed by atoms with E-state index in [-0.39, 0.29) is 11.7 Å². The lowest BCUT2D eigenvalue weighted by atomic mass is 10.2. The molecule has 0 aliphatic rings. The molecule has 0 aliphatic heterocycles. The van der Waals surface area contributed by atoms with E-state index < -0.39 is 0 Å². The van der Waals surface area contributed by atoms with Crippen LogP contribution in [0.3, 0.4) is 0 Å². The number of benzene rings is 1. The minimum Gasteiger partial charge on any atom is -0.496 e. The number of hydrogen-bond acceptors (Lipinski definition) is 5. The summed E-state index contributed by atoms with van der Waals surface area (Å²) in [6.07, 6.45) is 0. The highest BCUT2D eigenvalue weighted by molar-refractivity contribution is 6.30. The van der Waals surface area contributed by atoms with Gasteiger partial charge in [0.25, 0.3) is 5.89 Å². The number of hydrogen-bond donors (Lipinski definition) is 0. The highest BCUT2D eigenvalue weighted by Crippen LogP contribution is 2.30. The average molecular weight is 253 g/mol. The number of ketones is 1. The Morgan fingerprint density at radius 3 is 2.82 bits per heavy atom. The van der Waals surface area contributed by atoms with Gasteiger partial charge in [0.05, 0.1) is 12.7 Å². The maximum absolute atomic E-state index is 11.0. The summed E-state index contributed by atoms with van der Waals surface area (Å²) < 4.78 is 9.97. The van der Waals surface area contributed by atoms with Crippen molar-refractivity contribution in [2.24, 2.45) is 0 Å². The number of nitrogens with zero attached hydrogens (tertiary/aromatic N) is 2. The second-order valence-corrected chi connectivity index (χ2v) is 3.76. The zero-order chi connectivity index (χ0) is 12.4. The SMILES string of the molecule is COc1cc(Cl)ccc1-c1noc(C(C)=O)n1.